The third-order valence-electron chi connectivity index (χ3n) is 6.07. The number of hydrogen-bond acceptors (Lipinski definition) is 2. The lowest BCUT2D eigenvalue weighted by atomic mass is 9.81. The van der Waals surface area contributed by atoms with Gasteiger partial charge in [0.2, 0.25) is 0 Å². The maximum Gasteiger partial charge on any atom is 0.0499 e. The molecule has 2 nitrogen and oxygen atoms in total. The van der Waals surface area contributed by atoms with Gasteiger partial charge in [0.05, 0.1) is 0 Å². The first-order valence-corrected chi connectivity index (χ1v) is 7.98. The maximum absolute atomic E-state index is 9.62. The van der Waals surface area contributed by atoms with Crippen molar-refractivity contribution >= 4 is 0 Å². The van der Waals surface area contributed by atoms with Crippen LogP contribution in [0.5, 0.6) is 0 Å². The summed E-state index contributed by atoms with van der Waals surface area (Å²) < 4.78 is 0. The number of aliphatic hydroxyl groups is 1. The van der Waals surface area contributed by atoms with E-state index < -0.39 is 0 Å². The van der Waals surface area contributed by atoms with E-state index in [4.69, 9.17) is 0 Å². The Hall–Kier alpha value is -0.0800. The molecule has 2 heteroatoms. The second-order valence-electron chi connectivity index (χ2n) is 6.87. The van der Waals surface area contributed by atoms with Crippen molar-refractivity contribution in [3.05, 3.63) is 0 Å². The maximum atomic E-state index is 9.62. The van der Waals surface area contributed by atoms with E-state index in [1.807, 2.05) is 0 Å². The van der Waals surface area contributed by atoms with Crippen molar-refractivity contribution in [2.24, 2.45) is 23.2 Å². The van der Waals surface area contributed by atoms with Crippen molar-refractivity contribution in [1.29, 1.82) is 0 Å². The van der Waals surface area contributed by atoms with Crippen LogP contribution in [0, 0.1) is 23.2 Å². The molecule has 2 N–H and O–H groups in total. The lowest BCUT2D eigenvalue weighted by Crippen LogP contribution is -2.44. The normalized spacial score (nSPS) is 33.0. The van der Waals surface area contributed by atoms with Gasteiger partial charge in [-0.05, 0) is 56.8 Å². The van der Waals surface area contributed by atoms with Gasteiger partial charge in [0.25, 0.3) is 0 Å². The molecule has 0 amide bonds. The minimum Gasteiger partial charge on any atom is -0.396 e. The first-order chi connectivity index (χ1) is 8.64. The molecule has 2 saturated carbocycles. The van der Waals surface area contributed by atoms with E-state index in [2.05, 4.69) is 26.1 Å². The van der Waals surface area contributed by atoms with Crippen LogP contribution in [0.25, 0.3) is 0 Å². The molecular weight excluding hydrogens is 222 g/mol. The van der Waals surface area contributed by atoms with Crippen molar-refractivity contribution in [3.63, 3.8) is 0 Å². The van der Waals surface area contributed by atoms with Crippen molar-refractivity contribution in [1.82, 2.24) is 5.32 Å². The molecule has 0 spiro atoms. The lowest BCUT2D eigenvalue weighted by molar-refractivity contribution is 0.104. The smallest absolute Gasteiger partial charge is 0.0499 e. The van der Waals surface area contributed by atoms with E-state index in [9.17, 15) is 5.11 Å². The number of fused-ring (bicyclic) bond motifs is 2. The minimum atomic E-state index is 0.103. The average molecular weight is 253 g/mol. The molecule has 0 saturated heterocycles. The van der Waals surface area contributed by atoms with Crippen LogP contribution in [0.2, 0.25) is 0 Å². The average Bonchev–Trinajstić information content (AvgIpc) is 3.03. The molecule has 4 atom stereocenters. The van der Waals surface area contributed by atoms with E-state index in [1.54, 1.807) is 0 Å². The van der Waals surface area contributed by atoms with Crippen LogP contribution >= 0.6 is 0 Å². The van der Waals surface area contributed by atoms with Crippen LogP contribution < -0.4 is 5.32 Å². The fourth-order valence-corrected chi connectivity index (χ4v) is 4.21. The molecule has 0 radical (unpaired) electrons. The van der Waals surface area contributed by atoms with Gasteiger partial charge in [-0.2, -0.15) is 0 Å². The highest BCUT2D eigenvalue weighted by atomic mass is 16.3. The van der Waals surface area contributed by atoms with Crippen LogP contribution in [0.4, 0.5) is 0 Å². The van der Waals surface area contributed by atoms with E-state index in [1.165, 1.54) is 25.7 Å². The first kappa shape index (κ1) is 14.3. The summed E-state index contributed by atoms with van der Waals surface area (Å²) in [6.07, 6.45) is 8.02. The summed E-state index contributed by atoms with van der Waals surface area (Å²) in [5.41, 5.74) is 0.103. The summed E-state index contributed by atoms with van der Waals surface area (Å²) >= 11 is 0. The molecule has 2 aliphatic rings. The standard InChI is InChI=1S/C16H31NO/c1-4-16(5-2,11-18)10-17-12(3)15-9-13-6-7-14(15)8-13/h12-15,17-18H,4-11H2,1-3H3. The van der Waals surface area contributed by atoms with E-state index in [-0.39, 0.29) is 5.41 Å². The topological polar surface area (TPSA) is 32.3 Å². The first-order valence-electron chi connectivity index (χ1n) is 7.98. The van der Waals surface area contributed by atoms with Crippen LogP contribution in [0.1, 0.15) is 59.3 Å². The Morgan fingerprint density at radius 1 is 1.22 bits per heavy atom. The molecule has 0 aromatic heterocycles. The highest BCUT2D eigenvalue weighted by Crippen LogP contribution is 2.49. The molecule has 0 aromatic carbocycles. The summed E-state index contributed by atoms with van der Waals surface area (Å²) in [5.74, 6) is 2.92. The van der Waals surface area contributed by atoms with Gasteiger partial charge in [0.15, 0.2) is 0 Å². The van der Waals surface area contributed by atoms with Crippen LogP contribution in [0.3, 0.4) is 0 Å². The second kappa shape index (κ2) is 5.92. The Bertz CT molecular complexity index is 254. The summed E-state index contributed by atoms with van der Waals surface area (Å²) in [6, 6.07) is 0.629. The Kier molecular flexibility index (Phi) is 4.71. The molecule has 106 valence electrons. The third-order valence-corrected chi connectivity index (χ3v) is 6.07. The largest absolute Gasteiger partial charge is 0.396 e. The van der Waals surface area contributed by atoms with Gasteiger partial charge in [-0.3, -0.25) is 0 Å². The Labute approximate surface area is 113 Å². The van der Waals surface area contributed by atoms with Crippen LogP contribution in [-0.4, -0.2) is 24.3 Å². The van der Waals surface area contributed by atoms with Gasteiger partial charge in [-0.1, -0.05) is 20.3 Å². The predicted molar refractivity (Wildman–Crippen MR) is 76.5 cm³/mol. The quantitative estimate of drug-likeness (QED) is 0.730. The number of aliphatic hydroxyl groups excluding tert-OH is 1. The minimum absolute atomic E-state index is 0.103. The molecule has 2 fully saturated rings. The van der Waals surface area contributed by atoms with E-state index in [0.29, 0.717) is 12.6 Å². The number of nitrogens with one attached hydrogen (secondary N) is 1. The molecule has 2 bridgehead atoms. The highest BCUT2D eigenvalue weighted by molar-refractivity contribution is 4.94. The zero-order valence-corrected chi connectivity index (χ0v) is 12.4. The molecule has 0 heterocycles. The fourth-order valence-electron chi connectivity index (χ4n) is 4.21. The number of rotatable bonds is 7. The molecule has 2 aliphatic carbocycles. The zero-order chi connectivity index (χ0) is 13.2. The number of hydrogen-bond donors (Lipinski definition) is 2. The van der Waals surface area contributed by atoms with Crippen molar-refractivity contribution < 1.29 is 5.11 Å². The van der Waals surface area contributed by atoms with Crippen molar-refractivity contribution in [2.75, 3.05) is 13.2 Å². The Morgan fingerprint density at radius 2 is 1.94 bits per heavy atom. The predicted octanol–water partition coefficient (Wildman–Crippen LogP) is 3.20. The summed E-state index contributed by atoms with van der Waals surface area (Å²) in [5, 5.41) is 13.4. The van der Waals surface area contributed by atoms with E-state index >= 15 is 0 Å². The molecule has 18 heavy (non-hydrogen) atoms. The zero-order valence-electron chi connectivity index (χ0n) is 12.4. The van der Waals surface area contributed by atoms with Crippen molar-refractivity contribution in [2.45, 2.75) is 65.3 Å². The Morgan fingerprint density at radius 3 is 2.39 bits per heavy atom. The SMILES string of the molecule is CCC(CC)(CO)CNC(C)C1CC2CCC1C2. The van der Waals surface area contributed by atoms with Gasteiger partial charge >= 0.3 is 0 Å². The van der Waals surface area contributed by atoms with Gasteiger partial charge in [-0.15, -0.1) is 0 Å². The molecule has 2 rings (SSSR count). The van der Waals surface area contributed by atoms with Gasteiger partial charge < -0.3 is 10.4 Å². The summed E-state index contributed by atoms with van der Waals surface area (Å²) in [4.78, 5) is 0. The summed E-state index contributed by atoms with van der Waals surface area (Å²) in [6.45, 7) is 8.05. The molecule has 4 unspecified atom stereocenters. The van der Waals surface area contributed by atoms with Crippen LogP contribution in [0.15, 0.2) is 0 Å². The lowest BCUT2D eigenvalue weighted by Gasteiger charge is -2.34. The van der Waals surface area contributed by atoms with Gasteiger partial charge in [0.1, 0.15) is 0 Å². The fraction of sp³-hybridized carbons (Fsp3) is 1.00. The molecular formula is C16H31NO. The van der Waals surface area contributed by atoms with Crippen LogP contribution in [-0.2, 0) is 0 Å². The van der Waals surface area contributed by atoms with E-state index in [0.717, 1.165) is 37.1 Å². The van der Waals surface area contributed by atoms with Gasteiger partial charge in [-0.25, -0.2) is 0 Å². The highest BCUT2D eigenvalue weighted by Gasteiger charge is 2.42. The Balaban J connectivity index is 1.82. The van der Waals surface area contributed by atoms with Gasteiger partial charge in [0, 0.05) is 24.6 Å². The molecule has 0 aromatic rings. The molecule has 0 aliphatic heterocycles. The monoisotopic (exact) mass is 253 g/mol. The van der Waals surface area contributed by atoms with Crippen molar-refractivity contribution in [3.8, 4) is 0 Å². The third kappa shape index (κ3) is 2.75. The summed E-state index contributed by atoms with van der Waals surface area (Å²) in [7, 11) is 0. The second-order valence-corrected chi connectivity index (χ2v) is 6.87.